The summed E-state index contributed by atoms with van der Waals surface area (Å²) >= 11 is 5.94. The molecule has 0 spiro atoms. The summed E-state index contributed by atoms with van der Waals surface area (Å²) in [6.07, 6.45) is 0. The molecule has 2 N–H and O–H groups in total. The standard InChI is InChI=1S/C15H12ClN/c1-11-5-8-14(16)10-13(11)7-6-12-3-2-4-15(17)9-12/h2-5,8-10H,17H2,1H3. The fourth-order valence-electron chi connectivity index (χ4n) is 1.48. The molecule has 2 aromatic rings. The maximum atomic E-state index is 5.94. The second-order valence-electron chi connectivity index (χ2n) is 3.83. The minimum Gasteiger partial charge on any atom is -0.399 e. The normalized spacial score (nSPS) is 9.53. The van der Waals surface area contributed by atoms with Crippen molar-refractivity contribution in [2.45, 2.75) is 6.92 Å². The van der Waals surface area contributed by atoms with E-state index in [0.717, 1.165) is 22.4 Å². The molecule has 0 radical (unpaired) electrons. The first-order valence-electron chi connectivity index (χ1n) is 5.29. The number of benzene rings is 2. The summed E-state index contributed by atoms with van der Waals surface area (Å²) in [5.41, 5.74) is 9.38. The van der Waals surface area contributed by atoms with E-state index in [9.17, 15) is 0 Å². The summed E-state index contributed by atoms with van der Waals surface area (Å²) in [6.45, 7) is 2.01. The Bertz CT molecular complexity index is 606. The lowest BCUT2D eigenvalue weighted by Crippen LogP contribution is -1.85. The Balaban J connectivity index is 2.36. The zero-order valence-corrected chi connectivity index (χ0v) is 10.3. The van der Waals surface area contributed by atoms with Gasteiger partial charge in [-0.25, -0.2) is 0 Å². The number of hydrogen-bond acceptors (Lipinski definition) is 1. The van der Waals surface area contributed by atoms with E-state index >= 15 is 0 Å². The number of nitrogens with two attached hydrogens (primary N) is 1. The van der Waals surface area contributed by atoms with Gasteiger partial charge in [0.1, 0.15) is 0 Å². The van der Waals surface area contributed by atoms with Gasteiger partial charge >= 0.3 is 0 Å². The van der Waals surface area contributed by atoms with Gasteiger partial charge in [-0.15, -0.1) is 0 Å². The van der Waals surface area contributed by atoms with Gasteiger partial charge in [0.15, 0.2) is 0 Å². The lowest BCUT2D eigenvalue weighted by atomic mass is 10.1. The molecule has 0 aliphatic carbocycles. The third kappa shape index (κ3) is 3.03. The first kappa shape index (κ1) is 11.6. The smallest absolute Gasteiger partial charge is 0.0418 e. The average Bonchev–Trinajstić information content (AvgIpc) is 2.30. The van der Waals surface area contributed by atoms with Crippen LogP contribution in [0.15, 0.2) is 42.5 Å². The van der Waals surface area contributed by atoms with Crippen molar-refractivity contribution in [2.24, 2.45) is 0 Å². The van der Waals surface area contributed by atoms with Crippen molar-refractivity contribution in [1.29, 1.82) is 0 Å². The van der Waals surface area contributed by atoms with Crippen molar-refractivity contribution >= 4 is 17.3 Å². The van der Waals surface area contributed by atoms with Crippen LogP contribution in [0.5, 0.6) is 0 Å². The Morgan fingerprint density at radius 2 is 1.88 bits per heavy atom. The first-order valence-corrected chi connectivity index (χ1v) is 5.67. The van der Waals surface area contributed by atoms with Gasteiger partial charge in [0.25, 0.3) is 0 Å². The van der Waals surface area contributed by atoms with Crippen molar-refractivity contribution < 1.29 is 0 Å². The molecule has 0 aliphatic rings. The molecule has 0 unspecified atom stereocenters. The van der Waals surface area contributed by atoms with Gasteiger partial charge in [0, 0.05) is 21.8 Å². The summed E-state index contributed by atoms with van der Waals surface area (Å²) in [6, 6.07) is 13.2. The van der Waals surface area contributed by atoms with Crippen LogP contribution in [0.4, 0.5) is 5.69 Å². The monoisotopic (exact) mass is 241 g/mol. The molecular weight excluding hydrogens is 230 g/mol. The summed E-state index contributed by atoms with van der Waals surface area (Å²) in [4.78, 5) is 0. The molecule has 0 fully saturated rings. The Kier molecular flexibility index (Phi) is 3.37. The average molecular weight is 242 g/mol. The van der Waals surface area contributed by atoms with Crippen LogP contribution in [-0.4, -0.2) is 0 Å². The lowest BCUT2D eigenvalue weighted by Gasteiger charge is -1.98. The van der Waals surface area contributed by atoms with Crippen molar-refractivity contribution in [2.75, 3.05) is 5.73 Å². The summed E-state index contributed by atoms with van der Waals surface area (Å²) in [5.74, 6) is 6.19. The van der Waals surface area contributed by atoms with E-state index in [0.29, 0.717) is 5.02 Å². The first-order chi connectivity index (χ1) is 8.15. The number of nitrogen functional groups attached to an aromatic ring is 1. The van der Waals surface area contributed by atoms with Crippen LogP contribution in [0.1, 0.15) is 16.7 Å². The molecule has 0 bridgehead atoms. The molecule has 1 nitrogen and oxygen atoms in total. The second kappa shape index (κ2) is 4.95. The molecular formula is C15H12ClN. The zero-order chi connectivity index (χ0) is 12.3. The van der Waals surface area contributed by atoms with Crippen molar-refractivity contribution in [1.82, 2.24) is 0 Å². The molecule has 2 heteroatoms. The van der Waals surface area contributed by atoms with Crippen LogP contribution >= 0.6 is 11.6 Å². The Morgan fingerprint density at radius 3 is 2.65 bits per heavy atom. The third-order valence-electron chi connectivity index (χ3n) is 2.43. The SMILES string of the molecule is Cc1ccc(Cl)cc1C#Cc1cccc(N)c1. The van der Waals surface area contributed by atoms with Crippen LogP contribution in [0.3, 0.4) is 0 Å². The van der Waals surface area contributed by atoms with E-state index in [2.05, 4.69) is 11.8 Å². The number of aryl methyl sites for hydroxylation is 1. The number of anilines is 1. The number of rotatable bonds is 0. The van der Waals surface area contributed by atoms with Gasteiger partial charge in [0.2, 0.25) is 0 Å². The molecule has 0 amide bonds. The van der Waals surface area contributed by atoms with E-state index in [1.54, 1.807) is 0 Å². The van der Waals surface area contributed by atoms with Crippen LogP contribution in [0.25, 0.3) is 0 Å². The van der Waals surface area contributed by atoms with E-state index in [-0.39, 0.29) is 0 Å². The lowest BCUT2D eigenvalue weighted by molar-refractivity contribution is 1.44. The van der Waals surface area contributed by atoms with Crippen molar-refractivity contribution in [3.8, 4) is 11.8 Å². The van der Waals surface area contributed by atoms with Crippen LogP contribution < -0.4 is 5.73 Å². The predicted octanol–water partition coefficient (Wildman–Crippen LogP) is 3.63. The third-order valence-corrected chi connectivity index (χ3v) is 2.66. The molecule has 84 valence electrons. The van der Waals surface area contributed by atoms with Crippen molar-refractivity contribution in [3.05, 3.63) is 64.2 Å². The van der Waals surface area contributed by atoms with E-state index in [4.69, 9.17) is 17.3 Å². The maximum Gasteiger partial charge on any atom is 0.0418 e. The largest absolute Gasteiger partial charge is 0.399 e. The fraction of sp³-hybridized carbons (Fsp3) is 0.0667. The van der Waals surface area contributed by atoms with Crippen LogP contribution in [0, 0.1) is 18.8 Å². The highest BCUT2D eigenvalue weighted by atomic mass is 35.5. The van der Waals surface area contributed by atoms with Crippen LogP contribution in [0.2, 0.25) is 5.02 Å². The van der Waals surface area contributed by atoms with Gasteiger partial charge in [0.05, 0.1) is 0 Å². The molecule has 0 saturated carbocycles. The van der Waals surface area contributed by atoms with Crippen molar-refractivity contribution in [3.63, 3.8) is 0 Å². The number of hydrogen-bond donors (Lipinski definition) is 1. The Hall–Kier alpha value is -1.91. The molecule has 0 aliphatic heterocycles. The molecule has 0 aromatic heterocycles. The Labute approximate surface area is 106 Å². The minimum atomic E-state index is 0.701. The summed E-state index contributed by atoms with van der Waals surface area (Å²) in [5, 5.41) is 0.701. The molecule has 0 heterocycles. The van der Waals surface area contributed by atoms with Gasteiger partial charge in [-0.2, -0.15) is 0 Å². The van der Waals surface area contributed by atoms with E-state index in [1.807, 2.05) is 49.4 Å². The quantitative estimate of drug-likeness (QED) is 0.553. The molecule has 0 saturated heterocycles. The highest BCUT2D eigenvalue weighted by molar-refractivity contribution is 6.30. The zero-order valence-electron chi connectivity index (χ0n) is 9.50. The van der Waals surface area contributed by atoms with E-state index in [1.165, 1.54) is 0 Å². The minimum absolute atomic E-state index is 0.701. The highest BCUT2D eigenvalue weighted by Crippen LogP contribution is 2.14. The molecule has 0 atom stereocenters. The van der Waals surface area contributed by atoms with Gasteiger partial charge in [-0.3, -0.25) is 0 Å². The maximum absolute atomic E-state index is 5.94. The molecule has 2 aromatic carbocycles. The highest BCUT2D eigenvalue weighted by Gasteiger charge is 1.95. The number of halogens is 1. The fourth-order valence-corrected chi connectivity index (χ4v) is 1.66. The topological polar surface area (TPSA) is 26.0 Å². The van der Waals surface area contributed by atoms with Gasteiger partial charge < -0.3 is 5.73 Å². The second-order valence-corrected chi connectivity index (χ2v) is 4.27. The molecule has 2 rings (SSSR count). The summed E-state index contributed by atoms with van der Waals surface area (Å²) < 4.78 is 0. The summed E-state index contributed by atoms with van der Waals surface area (Å²) in [7, 11) is 0. The predicted molar refractivity (Wildman–Crippen MR) is 73.0 cm³/mol. The van der Waals surface area contributed by atoms with Gasteiger partial charge in [-0.05, 0) is 42.8 Å². The van der Waals surface area contributed by atoms with Gasteiger partial charge in [-0.1, -0.05) is 35.6 Å². The van der Waals surface area contributed by atoms with Crippen LogP contribution in [-0.2, 0) is 0 Å². The molecule has 17 heavy (non-hydrogen) atoms. The van der Waals surface area contributed by atoms with E-state index < -0.39 is 0 Å². The Morgan fingerprint density at radius 1 is 1.06 bits per heavy atom.